The number of hydrogen-bond acceptors (Lipinski definition) is 4. The van der Waals surface area contributed by atoms with Gasteiger partial charge in [-0.3, -0.25) is 19.2 Å². The third-order valence-corrected chi connectivity index (χ3v) is 4.08. The average Bonchev–Trinajstić information content (AvgIpc) is 2.60. The molecule has 0 fully saturated rings. The summed E-state index contributed by atoms with van der Waals surface area (Å²) in [4.78, 5) is 39.9. The van der Waals surface area contributed by atoms with Gasteiger partial charge in [-0.2, -0.15) is 0 Å². The quantitative estimate of drug-likeness (QED) is 0.243. The van der Waals surface area contributed by atoms with E-state index in [2.05, 4.69) is 0 Å². The van der Waals surface area contributed by atoms with Crippen LogP contribution in [0.15, 0.2) is 0 Å². The van der Waals surface area contributed by atoms with Gasteiger partial charge < -0.3 is 20.4 Å². The molecule has 0 atom stereocenters. The van der Waals surface area contributed by atoms with Gasteiger partial charge >= 0.3 is 23.9 Å². The fraction of sp³-hybridized carbons (Fsp3) is 0.800. The van der Waals surface area contributed by atoms with Crippen LogP contribution in [0.25, 0.3) is 0 Å². The molecule has 0 radical (unpaired) electrons. The highest BCUT2D eigenvalue weighted by molar-refractivity contribution is 5.75. The first-order valence-corrected chi connectivity index (χ1v) is 10.1. The standard InChI is InChI=1S/C16H30O4.C4H6O4/c17-15(18)13-11-9-7-5-3-1-2-4-6-8-10-12-14-16(19)20;5-3(6)1-2-4(7)8/h1-14H2,(H,17,18)(H,19,20);1-2H2,(H,5,6)(H,7,8). The summed E-state index contributed by atoms with van der Waals surface area (Å²) in [5, 5.41) is 32.8. The minimum absolute atomic E-state index is 0.296. The fourth-order valence-electron chi connectivity index (χ4n) is 2.53. The molecule has 0 amide bonds. The molecule has 0 saturated heterocycles. The molecule has 0 aliphatic heterocycles. The van der Waals surface area contributed by atoms with E-state index in [-0.39, 0.29) is 12.8 Å². The Bertz CT molecular complexity index is 394. The van der Waals surface area contributed by atoms with Crippen LogP contribution in [-0.4, -0.2) is 44.3 Å². The molecule has 8 heteroatoms. The van der Waals surface area contributed by atoms with E-state index in [1.54, 1.807) is 0 Å². The lowest BCUT2D eigenvalue weighted by Crippen LogP contribution is -2.00. The van der Waals surface area contributed by atoms with Crippen molar-refractivity contribution < 1.29 is 39.6 Å². The zero-order chi connectivity index (χ0) is 21.6. The minimum atomic E-state index is -1.08. The second-order valence-corrected chi connectivity index (χ2v) is 6.82. The molecule has 28 heavy (non-hydrogen) atoms. The monoisotopic (exact) mass is 404 g/mol. The maximum atomic E-state index is 10.3. The Labute approximate surface area is 167 Å². The van der Waals surface area contributed by atoms with Crippen molar-refractivity contribution in [2.24, 2.45) is 0 Å². The van der Waals surface area contributed by atoms with Gasteiger partial charge in [0.1, 0.15) is 0 Å². The van der Waals surface area contributed by atoms with Gasteiger partial charge in [-0.15, -0.1) is 0 Å². The van der Waals surface area contributed by atoms with E-state index in [9.17, 15) is 19.2 Å². The third-order valence-electron chi connectivity index (χ3n) is 4.08. The van der Waals surface area contributed by atoms with E-state index < -0.39 is 23.9 Å². The normalized spacial score (nSPS) is 10.0. The van der Waals surface area contributed by atoms with Gasteiger partial charge in [-0.25, -0.2) is 0 Å². The predicted octanol–water partition coefficient (Wildman–Crippen LogP) is 4.55. The molecule has 0 aliphatic carbocycles. The molecule has 8 nitrogen and oxygen atoms in total. The SMILES string of the molecule is O=C(O)CCC(=O)O.O=C(O)CCCCCCCCCCCCCCC(=O)O. The summed E-state index contributed by atoms with van der Waals surface area (Å²) in [6.45, 7) is 0. The Kier molecular flexibility index (Phi) is 21.3. The maximum Gasteiger partial charge on any atom is 0.303 e. The van der Waals surface area contributed by atoms with Crippen LogP contribution in [0.4, 0.5) is 0 Å². The van der Waals surface area contributed by atoms with Crippen molar-refractivity contribution in [3.8, 4) is 0 Å². The van der Waals surface area contributed by atoms with Crippen LogP contribution in [0.2, 0.25) is 0 Å². The van der Waals surface area contributed by atoms with Crippen molar-refractivity contribution in [1.29, 1.82) is 0 Å². The van der Waals surface area contributed by atoms with Crippen LogP contribution in [0.1, 0.15) is 103 Å². The number of carboxylic acids is 4. The molecule has 4 N–H and O–H groups in total. The summed E-state index contributed by atoms with van der Waals surface area (Å²) < 4.78 is 0. The summed E-state index contributed by atoms with van der Waals surface area (Å²) in [6.07, 6.45) is 13.5. The number of hydrogen-bond donors (Lipinski definition) is 4. The highest BCUT2D eigenvalue weighted by Gasteiger charge is 2.00. The Morgan fingerprint density at radius 2 is 0.500 bits per heavy atom. The van der Waals surface area contributed by atoms with Gasteiger partial charge in [0, 0.05) is 12.8 Å². The molecule has 0 aliphatic rings. The van der Waals surface area contributed by atoms with Gasteiger partial charge in [0.05, 0.1) is 12.8 Å². The maximum absolute atomic E-state index is 10.3. The van der Waals surface area contributed by atoms with Gasteiger partial charge in [0.15, 0.2) is 0 Å². The molecule has 164 valence electrons. The van der Waals surface area contributed by atoms with Crippen molar-refractivity contribution in [3.63, 3.8) is 0 Å². The molecule has 0 aromatic carbocycles. The second kappa shape index (κ2) is 21.2. The number of aliphatic carboxylic acids is 4. The van der Waals surface area contributed by atoms with Crippen LogP contribution >= 0.6 is 0 Å². The lowest BCUT2D eigenvalue weighted by Gasteiger charge is -2.02. The number of rotatable bonds is 18. The van der Waals surface area contributed by atoms with Crippen LogP contribution in [0.5, 0.6) is 0 Å². The van der Waals surface area contributed by atoms with Gasteiger partial charge in [0.25, 0.3) is 0 Å². The number of carbonyl (C=O) groups is 4. The van der Waals surface area contributed by atoms with Crippen LogP contribution in [-0.2, 0) is 19.2 Å². The molecule has 0 aromatic heterocycles. The first kappa shape index (κ1) is 28.1. The Hall–Kier alpha value is -2.12. The Morgan fingerprint density at radius 3 is 0.679 bits per heavy atom. The first-order chi connectivity index (χ1) is 13.3. The smallest absolute Gasteiger partial charge is 0.303 e. The average molecular weight is 405 g/mol. The molecule has 0 aromatic rings. The topological polar surface area (TPSA) is 149 Å². The molecule has 0 unspecified atom stereocenters. The summed E-state index contributed by atoms with van der Waals surface area (Å²) in [5.74, 6) is -3.53. The largest absolute Gasteiger partial charge is 0.481 e. The lowest BCUT2D eigenvalue weighted by molar-refractivity contribution is -0.143. The Balaban J connectivity index is 0. The van der Waals surface area contributed by atoms with E-state index >= 15 is 0 Å². The zero-order valence-corrected chi connectivity index (χ0v) is 16.7. The van der Waals surface area contributed by atoms with E-state index in [1.807, 2.05) is 0 Å². The second-order valence-electron chi connectivity index (χ2n) is 6.82. The third kappa shape index (κ3) is 31.6. The lowest BCUT2D eigenvalue weighted by atomic mass is 10.0. The Morgan fingerprint density at radius 1 is 0.321 bits per heavy atom. The van der Waals surface area contributed by atoms with E-state index in [1.165, 1.54) is 38.5 Å². The highest BCUT2D eigenvalue weighted by atomic mass is 16.4. The molecule has 0 spiro atoms. The molecule has 0 heterocycles. The fourth-order valence-corrected chi connectivity index (χ4v) is 2.53. The minimum Gasteiger partial charge on any atom is -0.481 e. The van der Waals surface area contributed by atoms with Crippen molar-refractivity contribution in [2.45, 2.75) is 103 Å². The van der Waals surface area contributed by atoms with Gasteiger partial charge in [-0.1, -0.05) is 64.2 Å². The van der Waals surface area contributed by atoms with Crippen LogP contribution in [0.3, 0.4) is 0 Å². The number of unbranched alkanes of at least 4 members (excludes halogenated alkanes) is 11. The first-order valence-electron chi connectivity index (χ1n) is 10.1. The zero-order valence-electron chi connectivity index (χ0n) is 16.7. The van der Waals surface area contributed by atoms with Gasteiger partial charge in [0.2, 0.25) is 0 Å². The summed E-state index contributed by atoms with van der Waals surface area (Å²) in [5.41, 5.74) is 0. The summed E-state index contributed by atoms with van der Waals surface area (Å²) in [7, 11) is 0. The van der Waals surface area contributed by atoms with Crippen molar-refractivity contribution in [3.05, 3.63) is 0 Å². The van der Waals surface area contributed by atoms with E-state index in [0.29, 0.717) is 12.8 Å². The molecular weight excluding hydrogens is 368 g/mol. The van der Waals surface area contributed by atoms with Gasteiger partial charge in [-0.05, 0) is 12.8 Å². The molecule has 0 saturated carbocycles. The van der Waals surface area contributed by atoms with Crippen molar-refractivity contribution >= 4 is 23.9 Å². The molecular formula is C20H36O8. The van der Waals surface area contributed by atoms with Crippen LogP contribution < -0.4 is 0 Å². The highest BCUT2D eigenvalue weighted by Crippen LogP contribution is 2.12. The summed E-state index contributed by atoms with van der Waals surface area (Å²) >= 11 is 0. The molecule has 0 rings (SSSR count). The van der Waals surface area contributed by atoms with E-state index in [0.717, 1.165) is 38.5 Å². The predicted molar refractivity (Wildman–Crippen MR) is 104 cm³/mol. The van der Waals surface area contributed by atoms with Crippen LogP contribution in [0, 0.1) is 0 Å². The molecule has 0 bridgehead atoms. The van der Waals surface area contributed by atoms with Crippen molar-refractivity contribution in [1.82, 2.24) is 0 Å². The number of carboxylic acid groups (broad SMARTS) is 4. The summed E-state index contributed by atoms with van der Waals surface area (Å²) in [6, 6.07) is 0. The van der Waals surface area contributed by atoms with E-state index in [4.69, 9.17) is 20.4 Å². The van der Waals surface area contributed by atoms with Crippen molar-refractivity contribution in [2.75, 3.05) is 0 Å².